The van der Waals surface area contributed by atoms with Crippen LogP contribution in [-0.4, -0.2) is 22.6 Å². The highest BCUT2D eigenvalue weighted by Crippen LogP contribution is 2.12. The summed E-state index contributed by atoms with van der Waals surface area (Å²) in [6.07, 6.45) is 2.78. The molecule has 0 spiro atoms. The first kappa shape index (κ1) is 8.92. The highest BCUT2D eigenvalue weighted by molar-refractivity contribution is 6.74. The minimum absolute atomic E-state index is 0.0671. The Kier molecular flexibility index (Phi) is 2.01. The maximum Gasteiger partial charge on any atom is 0.305 e. The van der Waals surface area contributed by atoms with Gasteiger partial charge in [-0.15, -0.1) is 0 Å². The monoisotopic (exact) mass is 185 g/mol. The van der Waals surface area contributed by atoms with Crippen molar-refractivity contribution >= 4 is 13.9 Å². The Morgan fingerprint density at radius 3 is 2.42 bits per heavy atom. The van der Waals surface area contributed by atoms with E-state index in [1.807, 2.05) is 0 Å². The number of hydrogen-bond acceptors (Lipinski definition) is 3. The first-order valence-electron chi connectivity index (χ1n) is 3.61. The minimum Gasteiger partial charge on any atom is -0.295 e. The molecule has 0 fully saturated rings. The zero-order valence-corrected chi connectivity index (χ0v) is 8.31. The van der Waals surface area contributed by atoms with Gasteiger partial charge in [0.25, 0.3) is 0 Å². The second kappa shape index (κ2) is 2.70. The van der Waals surface area contributed by atoms with E-state index >= 15 is 0 Å². The fourth-order valence-corrected chi connectivity index (χ4v) is 1.70. The molecule has 0 unspecified atom stereocenters. The third-order valence-electron chi connectivity index (χ3n) is 1.47. The van der Waals surface area contributed by atoms with Gasteiger partial charge in [0.2, 0.25) is 0 Å². The van der Waals surface area contributed by atoms with Gasteiger partial charge in [0.1, 0.15) is 6.20 Å². The quantitative estimate of drug-likeness (QED) is 0.398. The van der Waals surface area contributed by atoms with Crippen LogP contribution in [0.25, 0.3) is 0 Å². The van der Waals surface area contributed by atoms with E-state index < -0.39 is 13.2 Å². The van der Waals surface area contributed by atoms with Crippen molar-refractivity contribution in [1.29, 1.82) is 0 Å². The molecule has 0 aliphatic heterocycles. The molecule has 1 heterocycles. The molecular formula is C6H11N3O2Si. The Hall–Kier alpha value is -1.17. The van der Waals surface area contributed by atoms with E-state index in [1.165, 1.54) is 12.4 Å². The van der Waals surface area contributed by atoms with E-state index in [9.17, 15) is 10.1 Å². The molecule has 6 heteroatoms. The van der Waals surface area contributed by atoms with Crippen molar-refractivity contribution in [3.8, 4) is 0 Å². The molecule has 66 valence electrons. The molecule has 1 rings (SSSR count). The topological polar surface area (TPSA) is 61.0 Å². The van der Waals surface area contributed by atoms with Crippen LogP contribution in [0, 0.1) is 10.1 Å². The number of aromatic nitrogens is 2. The zero-order chi connectivity index (χ0) is 9.35. The fraction of sp³-hybridized carbons (Fsp3) is 0.500. The van der Waals surface area contributed by atoms with Gasteiger partial charge >= 0.3 is 5.69 Å². The average Bonchev–Trinajstić information content (AvgIpc) is 2.30. The van der Waals surface area contributed by atoms with Crippen molar-refractivity contribution in [1.82, 2.24) is 9.45 Å². The number of hydrogen-bond donors (Lipinski definition) is 0. The summed E-state index contributed by atoms with van der Waals surface area (Å²) < 4.78 is 1.71. The van der Waals surface area contributed by atoms with E-state index in [4.69, 9.17) is 0 Å². The molecule has 0 bridgehead atoms. The first-order chi connectivity index (χ1) is 5.41. The fourth-order valence-electron chi connectivity index (χ4n) is 0.774. The second-order valence-electron chi connectivity index (χ2n) is 3.57. The molecular weight excluding hydrogens is 174 g/mol. The van der Waals surface area contributed by atoms with Gasteiger partial charge in [0.15, 0.2) is 8.24 Å². The maximum absolute atomic E-state index is 10.3. The van der Waals surface area contributed by atoms with Gasteiger partial charge in [-0.1, -0.05) is 0 Å². The lowest BCUT2D eigenvalue weighted by Crippen LogP contribution is -2.32. The van der Waals surface area contributed by atoms with Gasteiger partial charge in [-0.3, -0.25) is 14.5 Å². The largest absolute Gasteiger partial charge is 0.305 e. The molecule has 0 saturated carbocycles. The van der Waals surface area contributed by atoms with Crippen LogP contribution >= 0.6 is 0 Å². The molecule has 1 aromatic rings. The number of nitrogens with zero attached hydrogens (tertiary/aromatic N) is 3. The number of nitro groups is 1. The summed E-state index contributed by atoms with van der Waals surface area (Å²) in [5.74, 6) is 0. The normalized spacial score (nSPS) is 11.6. The molecule has 1 aromatic heterocycles. The summed E-state index contributed by atoms with van der Waals surface area (Å²) in [4.78, 5) is 9.88. The SMILES string of the molecule is C[Si](C)(C)n1cc([N+](=O)[O-])cn1. The first-order valence-corrected chi connectivity index (χ1v) is 7.05. The smallest absolute Gasteiger partial charge is 0.295 e. The van der Waals surface area contributed by atoms with Crippen LogP contribution in [0.1, 0.15) is 0 Å². The van der Waals surface area contributed by atoms with Crippen molar-refractivity contribution < 1.29 is 4.92 Å². The molecule has 0 saturated heterocycles. The summed E-state index contributed by atoms with van der Waals surface area (Å²) in [6, 6.07) is 0. The highest BCUT2D eigenvalue weighted by Gasteiger charge is 2.20. The lowest BCUT2D eigenvalue weighted by molar-refractivity contribution is -0.384. The second-order valence-corrected chi connectivity index (χ2v) is 8.37. The Labute approximate surface area is 71.2 Å². The molecule has 0 aliphatic rings. The predicted molar refractivity (Wildman–Crippen MR) is 47.6 cm³/mol. The van der Waals surface area contributed by atoms with Crippen LogP contribution in [0.5, 0.6) is 0 Å². The summed E-state index contributed by atoms with van der Waals surface area (Å²) in [7, 11) is -1.56. The third kappa shape index (κ3) is 1.70. The van der Waals surface area contributed by atoms with Gasteiger partial charge in [-0.05, 0) is 19.6 Å². The number of rotatable bonds is 2. The van der Waals surface area contributed by atoms with E-state index in [1.54, 1.807) is 4.35 Å². The van der Waals surface area contributed by atoms with Gasteiger partial charge < -0.3 is 0 Å². The molecule has 0 radical (unpaired) electrons. The lowest BCUT2D eigenvalue weighted by atomic mass is 10.6. The Balaban J connectivity index is 3.00. The molecule has 5 nitrogen and oxygen atoms in total. The Bertz CT molecular complexity index is 302. The average molecular weight is 185 g/mol. The van der Waals surface area contributed by atoms with Crippen LogP contribution in [-0.2, 0) is 0 Å². The van der Waals surface area contributed by atoms with Crippen LogP contribution < -0.4 is 0 Å². The van der Waals surface area contributed by atoms with E-state index in [0.717, 1.165) is 0 Å². The molecule has 0 N–H and O–H groups in total. The van der Waals surface area contributed by atoms with Gasteiger partial charge in [0, 0.05) is 0 Å². The minimum atomic E-state index is -1.56. The Morgan fingerprint density at radius 1 is 1.58 bits per heavy atom. The standard InChI is InChI=1S/C6H11N3O2Si/c1-12(2,3)8-5-6(4-7-8)9(10)11/h4-5H,1-3H3. The van der Waals surface area contributed by atoms with Crippen LogP contribution in [0.3, 0.4) is 0 Å². The summed E-state index contributed by atoms with van der Waals surface area (Å²) >= 11 is 0. The highest BCUT2D eigenvalue weighted by atomic mass is 28.3. The van der Waals surface area contributed by atoms with Gasteiger partial charge in [-0.2, -0.15) is 5.10 Å². The van der Waals surface area contributed by atoms with Crippen molar-refractivity contribution in [3.05, 3.63) is 22.5 Å². The Morgan fingerprint density at radius 2 is 2.17 bits per heavy atom. The summed E-state index contributed by atoms with van der Waals surface area (Å²) in [5, 5.41) is 14.3. The van der Waals surface area contributed by atoms with Gasteiger partial charge in [-0.25, -0.2) is 0 Å². The van der Waals surface area contributed by atoms with Crippen molar-refractivity contribution in [2.45, 2.75) is 19.6 Å². The van der Waals surface area contributed by atoms with Crippen LogP contribution in [0.4, 0.5) is 5.69 Å². The summed E-state index contributed by atoms with van der Waals surface area (Å²) in [5.41, 5.74) is 0.0671. The molecule has 0 atom stereocenters. The van der Waals surface area contributed by atoms with E-state index in [0.29, 0.717) is 0 Å². The van der Waals surface area contributed by atoms with Gasteiger partial charge in [0.05, 0.1) is 11.1 Å². The van der Waals surface area contributed by atoms with Crippen molar-refractivity contribution in [2.24, 2.45) is 0 Å². The molecule has 0 amide bonds. The molecule has 12 heavy (non-hydrogen) atoms. The van der Waals surface area contributed by atoms with Crippen molar-refractivity contribution in [2.75, 3.05) is 0 Å². The molecule has 0 aliphatic carbocycles. The maximum atomic E-state index is 10.3. The van der Waals surface area contributed by atoms with Crippen molar-refractivity contribution in [3.63, 3.8) is 0 Å². The lowest BCUT2D eigenvalue weighted by Gasteiger charge is -2.14. The zero-order valence-electron chi connectivity index (χ0n) is 7.31. The van der Waals surface area contributed by atoms with Crippen LogP contribution in [0.15, 0.2) is 12.4 Å². The predicted octanol–water partition coefficient (Wildman–Crippen LogP) is 1.47. The van der Waals surface area contributed by atoms with Crippen LogP contribution in [0.2, 0.25) is 19.6 Å². The summed E-state index contributed by atoms with van der Waals surface area (Å²) in [6.45, 7) is 6.22. The molecule has 0 aromatic carbocycles. The van der Waals surface area contributed by atoms with E-state index in [2.05, 4.69) is 24.7 Å². The van der Waals surface area contributed by atoms with E-state index in [-0.39, 0.29) is 5.69 Å². The third-order valence-corrected chi connectivity index (χ3v) is 3.09.